The van der Waals surface area contributed by atoms with Gasteiger partial charge in [-0.05, 0) is 18.2 Å². The standard InChI is InChI=1S/C14H11ClN2O4S/c15-11-6-5-8(7-12(11)22(16,20)21)14(19)10-4-2-1-3-9(10)13(18)17-14/h1-7,19H,(H,17,18)(H2,16,20,21)/i5+1,6+1,7+1,8+1,11+1,12+1. The Kier molecular flexibility index (Phi) is 3.26. The van der Waals surface area contributed by atoms with Gasteiger partial charge in [-0.25, -0.2) is 13.6 Å². The van der Waals surface area contributed by atoms with E-state index in [4.69, 9.17) is 16.7 Å². The number of benzene rings is 2. The molecule has 1 heterocycles. The van der Waals surface area contributed by atoms with Gasteiger partial charge in [-0.1, -0.05) is 35.9 Å². The Morgan fingerprint density at radius 1 is 1.18 bits per heavy atom. The van der Waals surface area contributed by atoms with Crippen LogP contribution in [0.3, 0.4) is 0 Å². The number of aliphatic hydroxyl groups is 1. The van der Waals surface area contributed by atoms with Crippen LogP contribution in [-0.4, -0.2) is 19.4 Å². The molecule has 0 saturated carbocycles. The van der Waals surface area contributed by atoms with E-state index in [1.54, 1.807) is 24.3 Å². The van der Waals surface area contributed by atoms with E-state index >= 15 is 0 Å². The molecule has 3 rings (SSSR count). The predicted octanol–water partition coefficient (Wildman–Crippen LogP) is 0.924. The molecule has 0 fully saturated rings. The Hall–Kier alpha value is -1.93. The maximum atomic E-state index is 12.0. The molecule has 1 atom stereocenters. The van der Waals surface area contributed by atoms with Gasteiger partial charge in [-0.3, -0.25) is 4.79 Å². The summed E-state index contributed by atoms with van der Waals surface area (Å²) in [5.41, 5.74) is -1.03. The molecule has 22 heavy (non-hydrogen) atoms. The van der Waals surface area contributed by atoms with Crippen LogP contribution in [0.5, 0.6) is 0 Å². The van der Waals surface area contributed by atoms with Crippen molar-refractivity contribution < 1.29 is 18.3 Å². The van der Waals surface area contributed by atoms with Gasteiger partial charge in [0.05, 0.1) is 5.02 Å². The van der Waals surface area contributed by atoms with Crippen molar-refractivity contribution in [2.24, 2.45) is 5.14 Å². The molecule has 2 aromatic rings. The van der Waals surface area contributed by atoms with Crippen LogP contribution in [0.1, 0.15) is 21.5 Å². The zero-order valence-corrected chi connectivity index (χ0v) is 12.6. The fourth-order valence-electron chi connectivity index (χ4n) is 2.47. The molecule has 0 saturated heterocycles. The molecule has 0 spiro atoms. The van der Waals surface area contributed by atoms with Gasteiger partial charge in [0.15, 0.2) is 5.72 Å². The fourth-order valence-corrected chi connectivity index (χ4v) is 3.54. The maximum absolute atomic E-state index is 12.0. The molecule has 8 heteroatoms. The Morgan fingerprint density at radius 3 is 2.55 bits per heavy atom. The Balaban J connectivity index is 2.23. The predicted molar refractivity (Wildman–Crippen MR) is 79.7 cm³/mol. The molecule has 1 unspecified atom stereocenters. The second-order valence-electron chi connectivity index (χ2n) is 4.90. The second kappa shape index (κ2) is 4.79. The molecular weight excluding hydrogens is 334 g/mol. The molecule has 0 bridgehead atoms. The summed E-state index contributed by atoms with van der Waals surface area (Å²) < 4.78 is 23.1. The number of nitrogens with two attached hydrogens (primary N) is 1. The number of fused-ring (bicyclic) bond motifs is 1. The topological polar surface area (TPSA) is 109 Å². The molecule has 114 valence electrons. The van der Waals surface area contributed by atoms with Gasteiger partial charge in [0.2, 0.25) is 10.0 Å². The van der Waals surface area contributed by atoms with Crippen molar-refractivity contribution in [3.8, 4) is 0 Å². The highest BCUT2D eigenvalue weighted by molar-refractivity contribution is 7.89. The number of carbonyl (C=O) groups is 1. The van der Waals surface area contributed by atoms with Crippen molar-refractivity contribution in [1.29, 1.82) is 0 Å². The van der Waals surface area contributed by atoms with Crippen molar-refractivity contribution in [1.82, 2.24) is 5.32 Å². The molecule has 0 aliphatic carbocycles. The van der Waals surface area contributed by atoms with Gasteiger partial charge in [0.25, 0.3) is 5.91 Å². The minimum Gasteiger partial charge on any atom is -0.363 e. The van der Waals surface area contributed by atoms with E-state index in [0.29, 0.717) is 11.1 Å². The Labute approximate surface area is 131 Å². The smallest absolute Gasteiger partial charge is 0.254 e. The molecule has 4 N–H and O–H groups in total. The van der Waals surface area contributed by atoms with Gasteiger partial charge < -0.3 is 10.4 Å². The summed E-state index contributed by atoms with van der Waals surface area (Å²) in [6.07, 6.45) is 0. The number of carbonyl (C=O) groups excluding carboxylic acids is 1. The van der Waals surface area contributed by atoms with E-state index in [1.807, 2.05) is 0 Å². The zero-order chi connectivity index (χ0) is 16.1. The third-order valence-corrected chi connectivity index (χ3v) is 4.90. The average molecular weight is 345 g/mol. The lowest BCUT2D eigenvalue weighted by Crippen LogP contribution is -2.40. The second-order valence-corrected chi connectivity index (χ2v) is 6.84. The fraction of sp³-hybridized carbons (Fsp3) is 0.0714. The minimum absolute atomic E-state index is 0.0625. The van der Waals surface area contributed by atoms with E-state index in [-0.39, 0.29) is 15.5 Å². The number of rotatable bonds is 2. The van der Waals surface area contributed by atoms with Crippen LogP contribution in [0.25, 0.3) is 0 Å². The molecule has 0 aromatic heterocycles. The van der Waals surface area contributed by atoms with Crippen molar-refractivity contribution in [3.63, 3.8) is 0 Å². The monoisotopic (exact) mass is 344 g/mol. The number of hydrogen-bond acceptors (Lipinski definition) is 4. The van der Waals surface area contributed by atoms with E-state index in [1.165, 1.54) is 12.1 Å². The first-order valence-electron chi connectivity index (χ1n) is 6.21. The van der Waals surface area contributed by atoms with Crippen LogP contribution in [-0.2, 0) is 15.7 Å². The van der Waals surface area contributed by atoms with Crippen LogP contribution in [0.15, 0.2) is 47.4 Å². The lowest BCUT2D eigenvalue weighted by molar-refractivity contribution is 0.0474. The largest absolute Gasteiger partial charge is 0.363 e. The maximum Gasteiger partial charge on any atom is 0.254 e. The number of primary sulfonamides is 1. The van der Waals surface area contributed by atoms with Crippen molar-refractivity contribution >= 4 is 27.5 Å². The highest BCUT2D eigenvalue weighted by Crippen LogP contribution is 2.36. The van der Waals surface area contributed by atoms with Crippen molar-refractivity contribution in [2.45, 2.75) is 10.6 Å². The quantitative estimate of drug-likeness (QED) is 0.752. The third-order valence-electron chi connectivity index (χ3n) is 3.51. The van der Waals surface area contributed by atoms with Crippen LogP contribution >= 0.6 is 11.6 Å². The number of hydrogen-bond donors (Lipinski definition) is 3. The molecule has 2 aromatic carbocycles. The summed E-state index contributed by atoms with van der Waals surface area (Å²) in [5, 5.41) is 18.4. The molecular formula is C14H11ClN2O4S. The highest BCUT2D eigenvalue weighted by Gasteiger charge is 2.43. The summed E-state index contributed by atoms with van der Waals surface area (Å²) in [5.74, 6) is -0.454. The van der Waals surface area contributed by atoms with Gasteiger partial charge in [0, 0.05) is 16.7 Å². The first kappa shape index (κ1) is 15.0. The van der Waals surface area contributed by atoms with Crippen LogP contribution in [0.2, 0.25) is 5.02 Å². The van der Waals surface area contributed by atoms with E-state index in [9.17, 15) is 18.3 Å². The lowest BCUT2D eigenvalue weighted by atomic mass is 10.1. The molecule has 0 radical (unpaired) electrons. The zero-order valence-electron chi connectivity index (χ0n) is 11.1. The minimum atomic E-state index is -4.06. The van der Waals surface area contributed by atoms with Gasteiger partial charge in [-0.2, -0.15) is 0 Å². The number of nitrogens with one attached hydrogen (secondary N) is 1. The van der Waals surface area contributed by atoms with Gasteiger partial charge >= 0.3 is 0 Å². The number of amides is 1. The number of sulfonamides is 1. The normalized spacial score (nSPS) is 20.6. The SMILES string of the molecule is NS(=O)(=O)[13c]1[13cH][13c](C2(O)NC(=O)c3ccccc32)[13cH][13cH][13c]1Cl. The van der Waals surface area contributed by atoms with E-state index in [2.05, 4.69) is 5.32 Å². The van der Waals surface area contributed by atoms with Crippen LogP contribution < -0.4 is 10.5 Å². The average Bonchev–Trinajstić information content (AvgIpc) is 2.71. The van der Waals surface area contributed by atoms with Crippen LogP contribution in [0, 0.1) is 0 Å². The van der Waals surface area contributed by atoms with E-state index < -0.39 is 21.7 Å². The third kappa shape index (κ3) is 2.19. The van der Waals surface area contributed by atoms with Gasteiger partial charge in [-0.15, -0.1) is 0 Å². The summed E-state index contributed by atoms with van der Waals surface area (Å²) in [6, 6.07) is 10.4. The Bertz CT molecular complexity index is 897. The molecule has 1 aliphatic heterocycles. The van der Waals surface area contributed by atoms with Gasteiger partial charge in [0.1, 0.15) is 4.90 Å². The first-order chi connectivity index (χ1) is 10.2. The number of halogens is 1. The van der Waals surface area contributed by atoms with Crippen molar-refractivity contribution in [3.05, 3.63) is 64.2 Å². The Morgan fingerprint density at radius 2 is 1.86 bits per heavy atom. The van der Waals surface area contributed by atoms with Crippen molar-refractivity contribution in [2.75, 3.05) is 0 Å². The molecule has 1 amide bonds. The molecule has 6 nitrogen and oxygen atoms in total. The van der Waals surface area contributed by atoms with E-state index in [0.717, 1.165) is 6.07 Å². The summed E-state index contributed by atoms with van der Waals surface area (Å²) >= 11 is 5.83. The molecule has 1 aliphatic rings. The first-order valence-corrected chi connectivity index (χ1v) is 8.13. The summed E-state index contributed by atoms with van der Waals surface area (Å²) in [6.45, 7) is 0. The van der Waals surface area contributed by atoms with Crippen LogP contribution in [0.4, 0.5) is 0 Å². The summed E-state index contributed by atoms with van der Waals surface area (Å²) in [7, 11) is -4.06. The lowest BCUT2D eigenvalue weighted by Gasteiger charge is -2.25. The highest BCUT2D eigenvalue weighted by atomic mass is 35.5. The summed E-state index contributed by atoms with van der Waals surface area (Å²) in [4.78, 5) is 11.6.